The number of hydrogen-bond donors (Lipinski definition) is 1. The number of hydrogen-bond acceptors (Lipinski definition) is 5. The lowest BCUT2D eigenvalue weighted by Crippen LogP contribution is -2.41. The molecule has 1 unspecified atom stereocenters. The lowest BCUT2D eigenvalue weighted by Gasteiger charge is -2.25. The summed E-state index contributed by atoms with van der Waals surface area (Å²) in [5.74, 6) is -1.67. The first-order valence-corrected chi connectivity index (χ1v) is 9.81. The standard InChI is InChI=1S/C19H23FN2O4S/c1-22(2)16(11-14-7-5-4-6-8-14)13-21-27(24,25)18-12-15(19(23)26-3)9-10-17(18)20/h4-10,12,16,21H,11,13H2,1-3H3. The van der Waals surface area contributed by atoms with Gasteiger partial charge in [-0.05, 0) is 44.3 Å². The Hall–Kier alpha value is -2.29. The Kier molecular flexibility index (Phi) is 7.06. The average molecular weight is 394 g/mol. The molecule has 6 nitrogen and oxygen atoms in total. The van der Waals surface area contributed by atoms with E-state index in [0.717, 1.165) is 17.7 Å². The highest BCUT2D eigenvalue weighted by atomic mass is 32.2. The molecule has 0 radical (unpaired) electrons. The molecule has 1 atom stereocenters. The summed E-state index contributed by atoms with van der Waals surface area (Å²) in [6, 6.07) is 12.6. The van der Waals surface area contributed by atoms with Crippen LogP contribution in [0.15, 0.2) is 53.4 Å². The van der Waals surface area contributed by atoms with Crippen molar-refractivity contribution in [1.29, 1.82) is 0 Å². The van der Waals surface area contributed by atoms with E-state index in [0.29, 0.717) is 6.42 Å². The van der Waals surface area contributed by atoms with E-state index in [1.165, 1.54) is 13.2 Å². The summed E-state index contributed by atoms with van der Waals surface area (Å²) in [5, 5.41) is 0. The van der Waals surface area contributed by atoms with Crippen LogP contribution in [0.1, 0.15) is 15.9 Å². The predicted molar refractivity (Wildman–Crippen MR) is 101 cm³/mol. The van der Waals surface area contributed by atoms with Crippen molar-refractivity contribution in [2.24, 2.45) is 0 Å². The molecule has 0 fully saturated rings. The molecule has 0 saturated heterocycles. The van der Waals surface area contributed by atoms with Crippen LogP contribution in [-0.2, 0) is 21.2 Å². The minimum absolute atomic E-state index is 0.0345. The summed E-state index contributed by atoms with van der Waals surface area (Å²) >= 11 is 0. The van der Waals surface area contributed by atoms with E-state index in [9.17, 15) is 17.6 Å². The molecule has 0 saturated carbocycles. The van der Waals surface area contributed by atoms with E-state index in [1.807, 2.05) is 49.3 Å². The lowest BCUT2D eigenvalue weighted by molar-refractivity contribution is 0.0600. The Morgan fingerprint density at radius 2 is 1.85 bits per heavy atom. The van der Waals surface area contributed by atoms with Crippen LogP contribution in [0.25, 0.3) is 0 Å². The van der Waals surface area contributed by atoms with Gasteiger partial charge in [0.1, 0.15) is 10.7 Å². The monoisotopic (exact) mass is 394 g/mol. The second-order valence-electron chi connectivity index (χ2n) is 6.30. The third-order valence-electron chi connectivity index (χ3n) is 4.20. The van der Waals surface area contributed by atoms with Crippen LogP contribution in [0.3, 0.4) is 0 Å². The molecule has 0 aliphatic rings. The molecule has 0 aliphatic carbocycles. The molecule has 1 N–H and O–H groups in total. The van der Waals surface area contributed by atoms with Gasteiger partial charge in [0, 0.05) is 12.6 Å². The lowest BCUT2D eigenvalue weighted by atomic mass is 10.1. The molecule has 146 valence electrons. The van der Waals surface area contributed by atoms with Crippen LogP contribution < -0.4 is 4.72 Å². The maximum Gasteiger partial charge on any atom is 0.337 e. The van der Waals surface area contributed by atoms with Gasteiger partial charge in [0.05, 0.1) is 12.7 Å². The molecule has 8 heteroatoms. The second kappa shape index (κ2) is 9.07. The molecule has 27 heavy (non-hydrogen) atoms. The van der Waals surface area contributed by atoms with Crippen molar-refractivity contribution in [2.75, 3.05) is 27.7 Å². The highest BCUT2D eigenvalue weighted by Crippen LogP contribution is 2.17. The van der Waals surface area contributed by atoms with Gasteiger partial charge in [-0.2, -0.15) is 0 Å². The minimum atomic E-state index is -4.14. The highest BCUT2D eigenvalue weighted by Gasteiger charge is 2.23. The number of methoxy groups -OCH3 is 1. The fourth-order valence-electron chi connectivity index (χ4n) is 2.56. The molecule has 0 amide bonds. The van der Waals surface area contributed by atoms with Crippen LogP contribution in [0, 0.1) is 5.82 Å². The summed E-state index contributed by atoms with van der Waals surface area (Å²) in [4.78, 5) is 12.9. The van der Waals surface area contributed by atoms with Gasteiger partial charge in [-0.1, -0.05) is 30.3 Å². The van der Waals surface area contributed by atoms with E-state index in [-0.39, 0.29) is 18.2 Å². The predicted octanol–water partition coefficient (Wildman–Crippen LogP) is 2.06. The van der Waals surface area contributed by atoms with Gasteiger partial charge < -0.3 is 9.64 Å². The average Bonchev–Trinajstić information content (AvgIpc) is 2.65. The van der Waals surface area contributed by atoms with E-state index in [2.05, 4.69) is 9.46 Å². The molecule has 0 aromatic heterocycles. The third kappa shape index (κ3) is 5.59. The molecular weight excluding hydrogens is 371 g/mol. The van der Waals surface area contributed by atoms with Gasteiger partial charge in [-0.15, -0.1) is 0 Å². The number of carbonyl (C=O) groups is 1. The topological polar surface area (TPSA) is 75.7 Å². The third-order valence-corrected chi connectivity index (χ3v) is 5.63. The van der Waals surface area contributed by atoms with Crippen molar-refractivity contribution in [1.82, 2.24) is 9.62 Å². The van der Waals surface area contributed by atoms with Crippen LogP contribution in [0.2, 0.25) is 0 Å². The number of nitrogens with zero attached hydrogens (tertiary/aromatic N) is 1. The molecule has 0 bridgehead atoms. The molecule has 0 heterocycles. The van der Waals surface area contributed by atoms with Crippen molar-refractivity contribution in [3.05, 3.63) is 65.5 Å². The number of carbonyl (C=O) groups excluding carboxylic acids is 1. The number of rotatable bonds is 8. The van der Waals surface area contributed by atoms with Gasteiger partial charge in [-0.25, -0.2) is 22.3 Å². The Morgan fingerprint density at radius 1 is 1.19 bits per heavy atom. The van der Waals surface area contributed by atoms with Crippen molar-refractivity contribution in [2.45, 2.75) is 17.4 Å². The summed E-state index contributed by atoms with van der Waals surface area (Å²) < 4.78 is 46.2. The Bertz CT molecular complexity index is 886. The maximum absolute atomic E-state index is 14.1. The largest absolute Gasteiger partial charge is 0.465 e. The SMILES string of the molecule is COC(=O)c1ccc(F)c(S(=O)(=O)NCC(Cc2ccccc2)N(C)C)c1. The van der Waals surface area contributed by atoms with Crippen LogP contribution in [-0.4, -0.2) is 53.1 Å². The van der Waals surface area contributed by atoms with Crippen molar-refractivity contribution in [3.8, 4) is 0 Å². The number of esters is 1. The van der Waals surface area contributed by atoms with Crippen molar-refractivity contribution < 1.29 is 22.3 Å². The molecule has 0 aliphatic heterocycles. The van der Waals surface area contributed by atoms with E-state index < -0.39 is 26.7 Å². The van der Waals surface area contributed by atoms with Crippen LogP contribution >= 0.6 is 0 Å². The Morgan fingerprint density at radius 3 is 2.44 bits per heavy atom. The summed E-state index contributed by atoms with van der Waals surface area (Å²) in [6.07, 6.45) is 0.626. The fourth-order valence-corrected chi connectivity index (χ4v) is 3.74. The number of sulfonamides is 1. The van der Waals surface area contributed by atoms with Gasteiger partial charge in [0.2, 0.25) is 10.0 Å². The number of ether oxygens (including phenoxy) is 1. The summed E-state index contributed by atoms with van der Waals surface area (Å²) in [6.45, 7) is 0.0894. The molecule has 0 spiro atoms. The van der Waals surface area contributed by atoms with Gasteiger partial charge in [-0.3, -0.25) is 0 Å². The number of halogens is 1. The van der Waals surface area contributed by atoms with E-state index in [4.69, 9.17) is 0 Å². The fraction of sp³-hybridized carbons (Fsp3) is 0.316. The zero-order chi connectivity index (χ0) is 20.0. The van der Waals surface area contributed by atoms with Gasteiger partial charge in [0.25, 0.3) is 0 Å². The number of nitrogens with one attached hydrogen (secondary N) is 1. The second-order valence-corrected chi connectivity index (χ2v) is 8.03. The quantitative estimate of drug-likeness (QED) is 0.694. The Balaban J connectivity index is 2.18. The molecule has 2 rings (SSSR count). The van der Waals surface area contributed by atoms with Gasteiger partial charge >= 0.3 is 5.97 Å². The molecule has 2 aromatic carbocycles. The molecule has 2 aromatic rings. The minimum Gasteiger partial charge on any atom is -0.465 e. The first-order valence-electron chi connectivity index (χ1n) is 8.32. The van der Waals surface area contributed by atoms with Crippen LogP contribution in [0.4, 0.5) is 4.39 Å². The van der Waals surface area contributed by atoms with Crippen molar-refractivity contribution in [3.63, 3.8) is 0 Å². The van der Waals surface area contributed by atoms with E-state index >= 15 is 0 Å². The first kappa shape index (κ1) is 21.0. The maximum atomic E-state index is 14.1. The van der Waals surface area contributed by atoms with Crippen LogP contribution in [0.5, 0.6) is 0 Å². The zero-order valence-corrected chi connectivity index (χ0v) is 16.3. The van der Waals surface area contributed by atoms with E-state index in [1.54, 1.807) is 0 Å². The highest BCUT2D eigenvalue weighted by molar-refractivity contribution is 7.89. The normalized spacial score (nSPS) is 12.8. The smallest absolute Gasteiger partial charge is 0.337 e. The van der Waals surface area contributed by atoms with Gasteiger partial charge in [0.15, 0.2) is 0 Å². The number of likely N-dealkylation sites (N-methyl/N-ethyl adjacent to an activating group) is 1. The zero-order valence-electron chi connectivity index (χ0n) is 15.5. The van der Waals surface area contributed by atoms with Crippen molar-refractivity contribution >= 4 is 16.0 Å². The molecular formula is C19H23FN2O4S. The summed E-state index contributed by atoms with van der Waals surface area (Å²) in [7, 11) is 0.730. The first-order chi connectivity index (χ1) is 12.7. The number of benzene rings is 2. The summed E-state index contributed by atoms with van der Waals surface area (Å²) in [5.41, 5.74) is 1.03. The Labute approximate surface area is 159 Å².